The molecule has 0 aliphatic carbocycles. The van der Waals surface area contributed by atoms with Crippen molar-refractivity contribution in [3.05, 3.63) is 57.8 Å². The number of benzene rings is 2. The molecule has 2 saturated heterocycles. The van der Waals surface area contributed by atoms with Gasteiger partial charge in [-0.2, -0.15) is 9.57 Å². The maximum absolute atomic E-state index is 14.0. The molecule has 2 aliphatic rings. The van der Waals surface area contributed by atoms with Gasteiger partial charge in [0.1, 0.15) is 22.5 Å². The predicted molar refractivity (Wildman–Crippen MR) is 133 cm³/mol. The molecule has 0 aromatic heterocycles. The van der Waals surface area contributed by atoms with E-state index in [0.29, 0.717) is 18.1 Å². The van der Waals surface area contributed by atoms with Crippen LogP contribution >= 0.6 is 35.6 Å². The first-order valence-corrected chi connectivity index (χ1v) is 13.0. The third-order valence-electron chi connectivity index (χ3n) is 6.04. The normalized spacial score (nSPS) is 19.4. The standard InChI is InChI=1S/C23H24Cl2FN3O4S.ClH/c24-17-4-6-22(20(25)8-17)34(30,31)29-13-23(14-29,12-28-11-19-2-1-7-32-19)15-33-18-5-3-16(10-27)21(26)9-18;/h3-6,8-9,19,28H,1-2,7,11-15H2;1H/t19-;/m0./s1. The molecular weight excluding hydrogens is 540 g/mol. The quantitative estimate of drug-likeness (QED) is 0.489. The molecule has 0 amide bonds. The Labute approximate surface area is 220 Å². The predicted octanol–water partition coefficient (Wildman–Crippen LogP) is 4.26. The molecule has 1 N–H and O–H groups in total. The second kappa shape index (κ2) is 11.6. The van der Waals surface area contributed by atoms with Crippen LogP contribution in [0.2, 0.25) is 10.0 Å². The van der Waals surface area contributed by atoms with E-state index in [4.69, 9.17) is 37.9 Å². The van der Waals surface area contributed by atoms with Crippen molar-refractivity contribution in [3.63, 3.8) is 0 Å². The van der Waals surface area contributed by atoms with Gasteiger partial charge in [0.15, 0.2) is 0 Å². The molecular formula is C23H25Cl3FN3O4S. The smallest absolute Gasteiger partial charge is 0.244 e. The van der Waals surface area contributed by atoms with Gasteiger partial charge in [0.25, 0.3) is 0 Å². The van der Waals surface area contributed by atoms with E-state index in [0.717, 1.165) is 25.5 Å². The topological polar surface area (TPSA) is 91.7 Å². The lowest BCUT2D eigenvalue weighted by Crippen LogP contribution is -2.64. The monoisotopic (exact) mass is 563 g/mol. The van der Waals surface area contributed by atoms with E-state index in [2.05, 4.69) is 5.32 Å². The van der Waals surface area contributed by atoms with Crippen molar-refractivity contribution in [1.29, 1.82) is 5.26 Å². The summed E-state index contributed by atoms with van der Waals surface area (Å²) in [7, 11) is -3.82. The molecule has 2 heterocycles. The first kappa shape index (κ1) is 27.9. The van der Waals surface area contributed by atoms with Crippen molar-refractivity contribution in [1.82, 2.24) is 9.62 Å². The molecule has 7 nitrogen and oxygen atoms in total. The van der Waals surface area contributed by atoms with E-state index in [1.54, 1.807) is 6.07 Å². The fourth-order valence-corrected chi connectivity index (χ4v) is 6.58. The number of halogens is 4. The van der Waals surface area contributed by atoms with Crippen LogP contribution in [0.5, 0.6) is 5.75 Å². The van der Waals surface area contributed by atoms with E-state index in [-0.39, 0.29) is 59.4 Å². The Morgan fingerprint density at radius 1 is 1.26 bits per heavy atom. The molecule has 0 radical (unpaired) electrons. The van der Waals surface area contributed by atoms with Crippen molar-refractivity contribution < 1.29 is 22.3 Å². The molecule has 2 aliphatic heterocycles. The van der Waals surface area contributed by atoms with Gasteiger partial charge in [0.05, 0.1) is 23.3 Å². The van der Waals surface area contributed by atoms with Gasteiger partial charge in [0.2, 0.25) is 10.0 Å². The van der Waals surface area contributed by atoms with Gasteiger partial charge in [-0.3, -0.25) is 0 Å². The third-order valence-corrected chi connectivity index (χ3v) is 8.55. The summed E-state index contributed by atoms with van der Waals surface area (Å²) in [5, 5.41) is 12.7. The van der Waals surface area contributed by atoms with Gasteiger partial charge in [-0.05, 0) is 43.2 Å². The number of nitrogens with one attached hydrogen (secondary N) is 1. The van der Waals surface area contributed by atoms with Crippen LogP contribution in [0.3, 0.4) is 0 Å². The van der Waals surface area contributed by atoms with Gasteiger partial charge in [0, 0.05) is 49.3 Å². The summed E-state index contributed by atoms with van der Waals surface area (Å²) in [6, 6.07) is 10.1. The highest BCUT2D eigenvalue weighted by molar-refractivity contribution is 7.89. The van der Waals surface area contributed by atoms with Crippen molar-refractivity contribution in [2.45, 2.75) is 23.8 Å². The first-order chi connectivity index (χ1) is 16.2. The molecule has 1 atom stereocenters. The molecule has 4 rings (SSSR count). The Morgan fingerprint density at radius 2 is 2.03 bits per heavy atom. The SMILES string of the molecule is Cl.N#Cc1ccc(OCC2(CNC[C@@H]3CCCO3)CN(S(=O)(=O)c3ccc(Cl)cc3Cl)C2)cc1F. The minimum atomic E-state index is -3.82. The Hall–Kier alpha value is -1.64. The van der Waals surface area contributed by atoms with Crippen LogP contribution in [0.25, 0.3) is 0 Å². The molecule has 12 heteroatoms. The average Bonchev–Trinajstić information content (AvgIpc) is 3.28. The maximum atomic E-state index is 14.0. The van der Waals surface area contributed by atoms with E-state index >= 15 is 0 Å². The highest BCUT2D eigenvalue weighted by atomic mass is 35.5. The van der Waals surface area contributed by atoms with E-state index in [9.17, 15) is 12.8 Å². The molecule has 0 spiro atoms. The molecule has 0 unspecified atom stereocenters. The molecule has 2 aromatic carbocycles. The zero-order valence-corrected chi connectivity index (χ0v) is 21.8. The zero-order valence-electron chi connectivity index (χ0n) is 18.7. The zero-order chi connectivity index (χ0) is 24.3. The summed E-state index contributed by atoms with van der Waals surface area (Å²) in [6.45, 7) is 2.46. The highest BCUT2D eigenvalue weighted by Gasteiger charge is 2.49. The highest BCUT2D eigenvalue weighted by Crippen LogP contribution is 2.37. The first-order valence-electron chi connectivity index (χ1n) is 10.8. The van der Waals surface area contributed by atoms with Crippen LogP contribution in [0, 0.1) is 22.6 Å². The van der Waals surface area contributed by atoms with Crippen molar-refractivity contribution in [3.8, 4) is 11.8 Å². The number of nitrogens with zero attached hydrogens (tertiary/aromatic N) is 2. The molecule has 2 fully saturated rings. The summed E-state index contributed by atoms with van der Waals surface area (Å²) in [6.07, 6.45) is 2.15. The van der Waals surface area contributed by atoms with Gasteiger partial charge in [-0.25, -0.2) is 12.8 Å². The van der Waals surface area contributed by atoms with Crippen LogP contribution in [0.1, 0.15) is 18.4 Å². The van der Waals surface area contributed by atoms with E-state index < -0.39 is 21.3 Å². The molecule has 35 heavy (non-hydrogen) atoms. The number of hydrogen-bond donors (Lipinski definition) is 1. The fourth-order valence-electron chi connectivity index (χ4n) is 4.17. The van der Waals surface area contributed by atoms with Gasteiger partial charge >= 0.3 is 0 Å². The Bertz CT molecular complexity index is 1200. The minimum Gasteiger partial charge on any atom is -0.493 e. The third kappa shape index (κ3) is 6.38. The number of rotatable bonds is 9. The van der Waals surface area contributed by atoms with Gasteiger partial charge in [-0.15, -0.1) is 12.4 Å². The summed E-state index contributed by atoms with van der Waals surface area (Å²) >= 11 is 12.1. The van der Waals surface area contributed by atoms with E-state index in [1.807, 2.05) is 0 Å². The molecule has 0 bridgehead atoms. The largest absolute Gasteiger partial charge is 0.493 e. The van der Waals surface area contributed by atoms with E-state index in [1.165, 1.54) is 34.6 Å². The van der Waals surface area contributed by atoms with Crippen molar-refractivity contribution >= 4 is 45.6 Å². The Morgan fingerprint density at radius 3 is 2.66 bits per heavy atom. The lowest BCUT2D eigenvalue weighted by molar-refractivity contribution is 0.0156. The van der Waals surface area contributed by atoms with Crippen LogP contribution in [-0.4, -0.2) is 58.2 Å². The molecule has 2 aromatic rings. The summed E-state index contributed by atoms with van der Waals surface area (Å²) in [5.74, 6) is -0.391. The van der Waals surface area contributed by atoms with Gasteiger partial charge < -0.3 is 14.8 Å². The number of ether oxygens (including phenoxy) is 2. The Kier molecular flexibility index (Phi) is 9.27. The summed E-state index contributed by atoms with van der Waals surface area (Å²) in [5.41, 5.74) is -0.601. The molecule has 0 saturated carbocycles. The van der Waals surface area contributed by atoms with Crippen molar-refractivity contribution in [2.24, 2.45) is 5.41 Å². The van der Waals surface area contributed by atoms with Crippen LogP contribution in [0.15, 0.2) is 41.3 Å². The van der Waals surface area contributed by atoms with Crippen LogP contribution in [0.4, 0.5) is 4.39 Å². The number of hydrogen-bond acceptors (Lipinski definition) is 6. The van der Waals surface area contributed by atoms with Crippen LogP contribution < -0.4 is 10.1 Å². The molecule has 190 valence electrons. The summed E-state index contributed by atoms with van der Waals surface area (Å²) in [4.78, 5) is -0.00503. The van der Waals surface area contributed by atoms with Crippen LogP contribution in [-0.2, 0) is 14.8 Å². The number of sulfonamides is 1. The maximum Gasteiger partial charge on any atom is 0.244 e. The summed E-state index contributed by atoms with van der Waals surface area (Å²) < 4.78 is 53.1. The lowest BCUT2D eigenvalue weighted by atomic mass is 9.82. The average molecular weight is 565 g/mol. The fraction of sp³-hybridized carbons (Fsp3) is 0.435. The Balaban J connectivity index is 0.00000342. The lowest BCUT2D eigenvalue weighted by Gasteiger charge is -2.49. The second-order valence-corrected chi connectivity index (χ2v) is 11.4. The second-order valence-electron chi connectivity index (χ2n) is 8.66. The minimum absolute atomic E-state index is 0. The number of nitriles is 1. The van der Waals surface area contributed by atoms with Gasteiger partial charge in [-0.1, -0.05) is 23.2 Å². The van der Waals surface area contributed by atoms with Crippen molar-refractivity contribution in [2.75, 3.05) is 39.4 Å².